The van der Waals surface area contributed by atoms with Crippen LogP contribution in [-0.4, -0.2) is 21.9 Å². The Kier molecular flexibility index (Phi) is 4.77. The van der Waals surface area contributed by atoms with Crippen molar-refractivity contribution in [1.29, 1.82) is 0 Å². The summed E-state index contributed by atoms with van der Waals surface area (Å²) in [5, 5.41) is 13.9. The van der Waals surface area contributed by atoms with Gasteiger partial charge in [-0.3, -0.25) is 0 Å². The van der Waals surface area contributed by atoms with Gasteiger partial charge in [-0.2, -0.15) is 4.98 Å². The number of benzene rings is 1. The molecule has 0 saturated heterocycles. The predicted molar refractivity (Wildman–Crippen MR) is 78.3 cm³/mol. The van der Waals surface area contributed by atoms with E-state index in [1.807, 2.05) is 20.8 Å². The first-order valence-electron chi connectivity index (χ1n) is 6.47. The fourth-order valence-corrected chi connectivity index (χ4v) is 2.24. The largest absolute Gasteiger partial charge is 0.507 e. The summed E-state index contributed by atoms with van der Waals surface area (Å²) >= 11 is 3.29. The molecule has 108 valence electrons. The molecule has 1 N–H and O–H groups in total. The molecule has 1 aromatic heterocycles. The summed E-state index contributed by atoms with van der Waals surface area (Å²) in [6, 6.07) is 5.12. The summed E-state index contributed by atoms with van der Waals surface area (Å²) in [7, 11) is 0. The van der Waals surface area contributed by atoms with Gasteiger partial charge in [-0.15, -0.1) is 0 Å². The third kappa shape index (κ3) is 3.19. The van der Waals surface area contributed by atoms with Gasteiger partial charge in [0.25, 0.3) is 5.89 Å². The second kappa shape index (κ2) is 6.37. The molecule has 2 rings (SSSR count). The van der Waals surface area contributed by atoms with Crippen LogP contribution in [0.3, 0.4) is 0 Å². The molecule has 0 aliphatic rings. The zero-order valence-electron chi connectivity index (χ0n) is 11.6. The van der Waals surface area contributed by atoms with E-state index >= 15 is 0 Å². The number of hydrogen-bond donors (Lipinski definition) is 1. The number of aromatic hydroxyl groups is 1. The minimum Gasteiger partial charge on any atom is -0.507 e. The standard InChI is InChI=1S/C14H17BrN2O3/c1-4-19-12(8(2)3)13-16-14(20-17-13)10-6-5-9(15)7-11(10)18/h5-8,12,18H,4H2,1-3H3. The molecular formula is C14H17BrN2O3. The van der Waals surface area contributed by atoms with Crippen LogP contribution in [0.2, 0.25) is 0 Å². The lowest BCUT2D eigenvalue weighted by atomic mass is 10.1. The number of halogens is 1. The van der Waals surface area contributed by atoms with Crippen molar-refractivity contribution in [3.63, 3.8) is 0 Å². The average Bonchev–Trinajstić information content (AvgIpc) is 2.84. The minimum atomic E-state index is -0.213. The lowest BCUT2D eigenvalue weighted by Gasteiger charge is -2.16. The molecule has 0 fully saturated rings. The molecule has 5 nitrogen and oxygen atoms in total. The van der Waals surface area contributed by atoms with Gasteiger partial charge in [-0.05, 0) is 31.0 Å². The monoisotopic (exact) mass is 340 g/mol. The quantitative estimate of drug-likeness (QED) is 0.892. The van der Waals surface area contributed by atoms with E-state index in [4.69, 9.17) is 9.26 Å². The van der Waals surface area contributed by atoms with Gasteiger partial charge in [0, 0.05) is 11.1 Å². The Labute approximate surface area is 126 Å². The van der Waals surface area contributed by atoms with E-state index in [0.29, 0.717) is 18.0 Å². The zero-order valence-corrected chi connectivity index (χ0v) is 13.2. The Morgan fingerprint density at radius 2 is 2.15 bits per heavy atom. The number of nitrogens with zero attached hydrogens (tertiary/aromatic N) is 2. The van der Waals surface area contributed by atoms with E-state index in [1.165, 1.54) is 0 Å². The molecule has 0 bridgehead atoms. The summed E-state index contributed by atoms with van der Waals surface area (Å²) in [6.07, 6.45) is -0.213. The first-order valence-corrected chi connectivity index (χ1v) is 7.26. The maximum Gasteiger partial charge on any atom is 0.261 e. The van der Waals surface area contributed by atoms with Crippen LogP contribution < -0.4 is 0 Å². The molecule has 6 heteroatoms. The summed E-state index contributed by atoms with van der Waals surface area (Å²) in [5.74, 6) is 1.11. The molecule has 1 atom stereocenters. The van der Waals surface area contributed by atoms with E-state index in [1.54, 1.807) is 18.2 Å². The second-order valence-corrected chi connectivity index (χ2v) is 5.65. The molecule has 0 amide bonds. The van der Waals surface area contributed by atoms with Gasteiger partial charge in [0.2, 0.25) is 5.82 Å². The molecule has 0 aliphatic heterocycles. The van der Waals surface area contributed by atoms with Gasteiger partial charge >= 0.3 is 0 Å². The molecule has 0 saturated carbocycles. The summed E-state index contributed by atoms with van der Waals surface area (Å²) in [6.45, 7) is 6.58. The van der Waals surface area contributed by atoms with Crippen LogP contribution in [0.5, 0.6) is 5.75 Å². The maximum atomic E-state index is 9.92. The number of hydrogen-bond acceptors (Lipinski definition) is 5. The lowest BCUT2D eigenvalue weighted by molar-refractivity contribution is 0.0217. The molecule has 20 heavy (non-hydrogen) atoms. The van der Waals surface area contributed by atoms with E-state index in [9.17, 15) is 5.11 Å². The van der Waals surface area contributed by atoms with E-state index < -0.39 is 0 Å². The summed E-state index contributed by atoms with van der Waals surface area (Å²) < 4.78 is 11.7. The number of phenols is 1. The van der Waals surface area contributed by atoms with Gasteiger partial charge in [-0.25, -0.2) is 0 Å². The number of ether oxygens (including phenoxy) is 1. The number of aromatic nitrogens is 2. The molecule has 1 aromatic carbocycles. The Morgan fingerprint density at radius 1 is 1.40 bits per heavy atom. The van der Waals surface area contributed by atoms with E-state index in [2.05, 4.69) is 26.1 Å². The lowest BCUT2D eigenvalue weighted by Crippen LogP contribution is -2.12. The van der Waals surface area contributed by atoms with Gasteiger partial charge in [0.05, 0.1) is 5.56 Å². The van der Waals surface area contributed by atoms with Crippen molar-refractivity contribution >= 4 is 15.9 Å². The van der Waals surface area contributed by atoms with Crippen molar-refractivity contribution in [3.8, 4) is 17.2 Å². The van der Waals surface area contributed by atoms with Crippen LogP contribution in [0.25, 0.3) is 11.5 Å². The highest BCUT2D eigenvalue weighted by Gasteiger charge is 2.23. The highest BCUT2D eigenvalue weighted by Crippen LogP contribution is 2.32. The molecule has 1 unspecified atom stereocenters. The summed E-state index contributed by atoms with van der Waals surface area (Å²) in [4.78, 5) is 4.33. The van der Waals surface area contributed by atoms with Gasteiger partial charge in [0.1, 0.15) is 11.9 Å². The third-order valence-corrected chi connectivity index (χ3v) is 3.33. The van der Waals surface area contributed by atoms with Gasteiger partial charge < -0.3 is 14.4 Å². The molecule has 1 heterocycles. The van der Waals surface area contributed by atoms with Crippen LogP contribution in [0, 0.1) is 5.92 Å². The molecule has 0 radical (unpaired) electrons. The highest BCUT2D eigenvalue weighted by molar-refractivity contribution is 9.10. The van der Waals surface area contributed by atoms with Crippen LogP contribution >= 0.6 is 15.9 Å². The average molecular weight is 341 g/mol. The second-order valence-electron chi connectivity index (χ2n) is 4.74. The smallest absolute Gasteiger partial charge is 0.261 e. The van der Waals surface area contributed by atoms with Crippen LogP contribution in [-0.2, 0) is 4.74 Å². The maximum absolute atomic E-state index is 9.92. The Morgan fingerprint density at radius 3 is 2.75 bits per heavy atom. The first-order chi connectivity index (χ1) is 9.52. The SMILES string of the molecule is CCOC(c1noc(-c2ccc(Br)cc2O)n1)C(C)C. The van der Waals surface area contributed by atoms with Crippen LogP contribution in [0.4, 0.5) is 0 Å². The fourth-order valence-electron chi connectivity index (χ4n) is 1.89. The molecule has 0 aliphatic carbocycles. The van der Waals surface area contributed by atoms with Gasteiger partial charge in [-0.1, -0.05) is 34.9 Å². The minimum absolute atomic E-state index is 0.0899. The Hall–Kier alpha value is -1.40. The molecular weight excluding hydrogens is 324 g/mol. The predicted octanol–water partition coefficient (Wildman–Crippen LogP) is 3.94. The fraction of sp³-hybridized carbons (Fsp3) is 0.429. The highest BCUT2D eigenvalue weighted by atomic mass is 79.9. The number of rotatable bonds is 5. The topological polar surface area (TPSA) is 68.4 Å². The van der Waals surface area contributed by atoms with Crippen molar-refractivity contribution in [2.45, 2.75) is 26.9 Å². The van der Waals surface area contributed by atoms with Crippen LogP contribution in [0.15, 0.2) is 27.2 Å². The van der Waals surface area contributed by atoms with E-state index in [-0.39, 0.29) is 23.7 Å². The normalized spacial score (nSPS) is 12.8. The third-order valence-electron chi connectivity index (χ3n) is 2.84. The first kappa shape index (κ1) is 15.0. The van der Waals surface area contributed by atoms with E-state index in [0.717, 1.165) is 4.47 Å². The van der Waals surface area contributed by atoms with Crippen molar-refractivity contribution < 1.29 is 14.4 Å². The molecule has 2 aromatic rings. The number of phenolic OH excluding ortho intramolecular Hbond substituents is 1. The van der Waals surface area contributed by atoms with Crippen molar-refractivity contribution in [3.05, 3.63) is 28.5 Å². The van der Waals surface area contributed by atoms with Crippen molar-refractivity contribution in [1.82, 2.24) is 10.1 Å². The Bertz CT molecular complexity index is 584. The van der Waals surface area contributed by atoms with Crippen molar-refractivity contribution in [2.24, 2.45) is 5.92 Å². The molecule has 0 spiro atoms. The van der Waals surface area contributed by atoms with Crippen molar-refractivity contribution in [2.75, 3.05) is 6.61 Å². The summed E-state index contributed by atoms with van der Waals surface area (Å²) in [5.41, 5.74) is 0.506. The Balaban J connectivity index is 2.32. The van der Waals surface area contributed by atoms with Gasteiger partial charge in [0.15, 0.2) is 0 Å². The zero-order chi connectivity index (χ0) is 14.7. The van der Waals surface area contributed by atoms with Crippen LogP contribution in [0.1, 0.15) is 32.7 Å².